The van der Waals surface area contributed by atoms with Gasteiger partial charge in [-0.05, 0) is 32.6 Å². The number of likely N-dealkylation sites (N-methyl/N-ethyl adjacent to an activating group) is 1. The number of nitrogens with one attached hydrogen (secondary N) is 1. The van der Waals surface area contributed by atoms with E-state index in [0.717, 1.165) is 41.3 Å². The van der Waals surface area contributed by atoms with Gasteiger partial charge < -0.3 is 19.9 Å². The number of rotatable bonds is 4. The van der Waals surface area contributed by atoms with Crippen molar-refractivity contribution < 1.29 is 14.3 Å². The Kier molecular flexibility index (Phi) is 5.17. The van der Waals surface area contributed by atoms with Crippen LogP contribution >= 0.6 is 11.3 Å². The molecule has 1 atom stereocenters. The van der Waals surface area contributed by atoms with Crippen LogP contribution in [-0.4, -0.2) is 59.2 Å². The highest BCUT2D eigenvalue weighted by atomic mass is 32.1. The SMILES string of the molecule is CCCc1nc(C)c(CNC(=O)N2CCCC3(CN(C)C(=O)O3)C2)s1. The van der Waals surface area contributed by atoms with Gasteiger partial charge in [-0.15, -0.1) is 11.3 Å². The van der Waals surface area contributed by atoms with Crippen LogP contribution in [0.25, 0.3) is 0 Å². The van der Waals surface area contributed by atoms with Crippen molar-refractivity contribution in [2.45, 2.75) is 51.7 Å². The van der Waals surface area contributed by atoms with E-state index in [4.69, 9.17) is 4.74 Å². The molecule has 7 nitrogen and oxygen atoms in total. The molecule has 1 aromatic heterocycles. The summed E-state index contributed by atoms with van der Waals surface area (Å²) < 4.78 is 5.55. The second kappa shape index (κ2) is 7.19. The molecule has 0 aliphatic carbocycles. The number of aryl methyl sites for hydroxylation is 2. The van der Waals surface area contributed by atoms with Gasteiger partial charge in [0.15, 0.2) is 0 Å². The van der Waals surface area contributed by atoms with Crippen molar-refractivity contribution in [1.29, 1.82) is 0 Å². The van der Waals surface area contributed by atoms with Gasteiger partial charge in [-0.1, -0.05) is 6.92 Å². The Bertz CT molecular complexity index is 662. The number of aromatic nitrogens is 1. The molecule has 25 heavy (non-hydrogen) atoms. The monoisotopic (exact) mass is 366 g/mol. The molecule has 2 fully saturated rings. The van der Waals surface area contributed by atoms with Crippen LogP contribution in [0, 0.1) is 6.92 Å². The molecular weight excluding hydrogens is 340 g/mol. The first kappa shape index (κ1) is 18.0. The van der Waals surface area contributed by atoms with E-state index < -0.39 is 5.60 Å². The predicted octanol–water partition coefficient (Wildman–Crippen LogP) is 2.53. The third-order valence-electron chi connectivity index (χ3n) is 4.77. The first-order valence-corrected chi connectivity index (χ1v) is 9.66. The lowest BCUT2D eigenvalue weighted by atomic mass is 9.93. The topological polar surface area (TPSA) is 74.8 Å². The average molecular weight is 366 g/mol. The van der Waals surface area contributed by atoms with E-state index in [1.54, 1.807) is 28.2 Å². The van der Waals surface area contributed by atoms with Crippen LogP contribution in [0.5, 0.6) is 0 Å². The van der Waals surface area contributed by atoms with E-state index in [1.807, 2.05) is 6.92 Å². The number of urea groups is 1. The van der Waals surface area contributed by atoms with Crippen LogP contribution in [0.3, 0.4) is 0 Å². The molecule has 2 aliphatic rings. The molecule has 2 saturated heterocycles. The molecule has 8 heteroatoms. The lowest BCUT2D eigenvalue weighted by Crippen LogP contribution is -2.54. The van der Waals surface area contributed by atoms with Crippen LogP contribution in [0.2, 0.25) is 0 Å². The van der Waals surface area contributed by atoms with Crippen molar-refractivity contribution in [1.82, 2.24) is 20.1 Å². The van der Waals surface area contributed by atoms with Crippen molar-refractivity contribution in [2.75, 3.05) is 26.7 Å². The predicted molar refractivity (Wildman–Crippen MR) is 95.7 cm³/mol. The third kappa shape index (κ3) is 3.89. The van der Waals surface area contributed by atoms with Gasteiger partial charge in [0, 0.05) is 18.5 Å². The number of carbonyl (C=O) groups excluding carboxylic acids is 2. The maximum atomic E-state index is 12.6. The zero-order valence-electron chi connectivity index (χ0n) is 15.1. The summed E-state index contributed by atoms with van der Waals surface area (Å²) in [6.07, 6.45) is 3.40. The van der Waals surface area contributed by atoms with Gasteiger partial charge in [-0.3, -0.25) is 0 Å². The fourth-order valence-electron chi connectivity index (χ4n) is 3.52. The number of likely N-dealkylation sites (tertiary alicyclic amines) is 1. The molecule has 1 unspecified atom stereocenters. The maximum absolute atomic E-state index is 12.6. The number of nitrogens with zero attached hydrogens (tertiary/aromatic N) is 3. The largest absolute Gasteiger partial charge is 0.439 e. The molecular formula is C17H26N4O3S. The van der Waals surface area contributed by atoms with Gasteiger partial charge in [-0.2, -0.15) is 0 Å². The molecule has 2 aliphatic heterocycles. The quantitative estimate of drug-likeness (QED) is 0.888. The lowest BCUT2D eigenvalue weighted by molar-refractivity contribution is 0.00318. The standard InChI is InChI=1S/C17H26N4O3S/c1-4-6-14-19-12(2)13(25-14)9-18-15(22)21-8-5-7-17(11-21)10-20(3)16(23)24-17/h4-11H2,1-3H3,(H,18,22). The number of piperidine rings is 1. The fraction of sp³-hybridized carbons (Fsp3) is 0.706. The van der Waals surface area contributed by atoms with Gasteiger partial charge in [0.2, 0.25) is 0 Å². The van der Waals surface area contributed by atoms with Crippen molar-refractivity contribution in [2.24, 2.45) is 0 Å². The first-order chi connectivity index (χ1) is 11.9. The lowest BCUT2D eigenvalue weighted by Gasteiger charge is -2.38. The van der Waals surface area contributed by atoms with Crippen molar-refractivity contribution in [3.63, 3.8) is 0 Å². The Labute approximate surface area is 152 Å². The average Bonchev–Trinajstić information content (AvgIpc) is 3.05. The number of carbonyl (C=O) groups is 2. The van der Waals surface area contributed by atoms with E-state index in [0.29, 0.717) is 26.2 Å². The maximum Gasteiger partial charge on any atom is 0.410 e. The van der Waals surface area contributed by atoms with Gasteiger partial charge in [-0.25, -0.2) is 14.6 Å². The minimum absolute atomic E-state index is 0.102. The molecule has 3 amide bonds. The molecule has 0 aromatic carbocycles. The molecule has 1 aromatic rings. The summed E-state index contributed by atoms with van der Waals surface area (Å²) in [5.74, 6) is 0. The Hall–Kier alpha value is -1.83. The smallest absolute Gasteiger partial charge is 0.410 e. The molecule has 138 valence electrons. The van der Waals surface area contributed by atoms with E-state index in [1.165, 1.54) is 0 Å². The minimum Gasteiger partial charge on any atom is -0.439 e. The summed E-state index contributed by atoms with van der Waals surface area (Å²) in [4.78, 5) is 33.3. The number of thiazole rings is 1. The van der Waals surface area contributed by atoms with Crippen LogP contribution in [0.1, 0.15) is 41.8 Å². The highest BCUT2D eigenvalue weighted by molar-refractivity contribution is 7.11. The Morgan fingerprint density at radius 2 is 2.24 bits per heavy atom. The van der Waals surface area contributed by atoms with Crippen LogP contribution in [0.4, 0.5) is 9.59 Å². The molecule has 0 bridgehead atoms. The van der Waals surface area contributed by atoms with E-state index in [2.05, 4.69) is 17.2 Å². The van der Waals surface area contributed by atoms with E-state index >= 15 is 0 Å². The van der Waals surface area contributed by atoms with Crippen molar-refractivity contribution in [3.8, 4) is 0 Å². The number of ether oxygens (including phenoxy) is 1. The zero-order chi connectivity index (χ0) is 18.0. The third-order valence-corrected chi connectivity index (χ3v) is 5.99. The summed E-state index contributed by atoms with van der Waals surface area (Å²) in [5.41, 5.74) is 0.450. The number of amides is 3. The van der Waals surface area contributed by atoms with Gasteiger partial charge in [0.05, 0.1) is 30.3 Å². The van der Waals surface area contributed by atoms with E-state index in [9.17, 15) is 9.59 Å². The summed E-state index contributed by atoms with van der Waals surface area (Å²) in [6.45, 7) is 6.31. The highest BCUT2D eigenvalue weighted by Gasteiger charge is 2.47. The summed E-state index contributed by atoms with van der Waals surface area (Å²) in [6, 6.07) is -0.102. The molecule has 1 spiro atoms. The van der Waals surface area contributed by atoms with Gasteiger partial charge in [0.25, 0.3) is 0 Å². The summed E-state index contributed by atoms with van der Waals surface area (Å²) >= 11 is 1.67. The second-order valence-corrected chi connectivity index (χ2v) is 8.13. The Morgan fingerprint density at radius 1 is 1.44 bits per heavy atom. The Balaban J connectivity index is 1.57. The van der Waals surface area contributed by atoms with E-state index in [-0.39, 0.29) is 12.1 Å². The molecule has 0 saturated carbocycles. The van der Waals surface area contributed by atoms with Crippen LogP contribution < -0.4 is 5.32 Å². The highest BCUT2D eigenvalue weighted by Crippen LogP contribution is 2.31. The molecule has 3 heterocycles. The zero-order valence-corrected chi connectivity index (χ0v) is 15.9. The van der Waals surface area contributed by atoms with Crippen molar-refractivity contribution >= 4 is 23.5 Å². The second-order valence-electron chi connectivity index (χ2n) is 6.96. The van der Waals surface area contributed by atoms with Gasteiger partial charge >= 0.3 is 12.1 Å². The minimum atomic E-state index is -0.546. The molecule has 3 rings (SSSR count). The molecule has 1 N–H and O–H groups in total. The molecule has 0 radical (unpaired) electrons. The van der Waals surface area contributed by atoms with Gasteiger partial charge in [0.1, 0.15) is 5.60 Å². The van der Waals surface area contributed by atoms with Crippen LogP contribution in [-0.2, 0) is 17.7 Å². The Morgan fingerprint density at radius 3 is 2.92 bits per heavy atom. The fourth-order valence-corrected chi connectivity index (χ4v) is 4.63. The summed E-state index contributed by atoms with van der Waals surface area (Å²) in [7, 11) is 1.73. The number of hydrogen-bond donors (Lipinski definition) is 1. The van der Waals surface area contributed by atoms with Crippen molar-refractivity contribution in [3.05, 3.63) is 15.6 Å². The summed E-state index contributed by atoms with van der Waals surface area (Å²) in [5, 5.41) is 4.12. The van der Waals surface area contributed by atoms with Crippen LogP contribution in [0.15, 0.2) is 0 Å². The normalized spacial score (nSPS) is 23.2. The number of hydrogen-bond acceptors (Lipinski definition) is 5. The first-order valence-electron chi connectivity index (χ1n) is 8.84.